The third-order valence-electron chi connectivity index (χ3n) is 3.59. The van der Waals surface area contributed by atoms with Crippen LogP contribution in [0.15, 0.2) is 0 Å². The molecule has 2 unspecified atom stereocenters. The number of hydrogen-bond acceptors (Lipinski definition) is 2. The van der Waals surface area contributed by atoms with Gasteiger partial charge in [-0.25, -0.2) is 0 Å². The lowest BCUT2D eigenvalue weighted by Gasteiger charge is -2.30. The van der Waals surface area contributed by atoms with Crippen LogP contribution in [-0.2, 0) is 0 Å². The van der Waals surface area contributed by atoms with Crippen LogP contribution in [0.4, 0.5) is 0 Å². The molecule has 2 aliphatic rings. The zero-order valence-electron chi connectivity index (χ0n) is 8.37. The maximum Gasteiger partial charge on any atom is 0.0202 e. The molecule has 1 nitrogen and oxygen atoms in total. The third-order valence-corrected chi connectivity index (χ3v) is 5.09. The average molecular weight is 199 g/mol. The molecule has 2 atom stereocenters. The van der Waals surface area contributed by atoms with Gasteiger partial charge in [-0.3, -0.25) is 0 Å². The first-order chi connectivity index (χ1) is 6.38. The Bertz CT molecular complexity index is 148. The van der Waals surface area contributed by atoms with Gasteiger partial charge in [-0.05, 0) is 37.4 Å². The van der Waals surface area contributed by atoms with Gasteiger partial charge in [-0.15, -0.1) is 0 Å². The molecule has 0 radical (unpaired) electrons. The van der Waals surface area contributed by atoms with Crippen LogP contribution in [0.3, 0.4) is 0 Å². The second-order valence-electron chi connectivity index (χ2n) is 4.53. The van der Waals surface area contributed by atoms with E-state index >= 15 is 0 Å². The zero-order chi connectivity index (χ0) is 9.10. The topological polar surface area (TPSA) is 26.0 Å². The Morgan fingerprint density at radius 2 is 1.77 bits per heavy atom. The van der Waals surface area contributed by atoms with E-state index in [1.54, 1.807) is 0 Å². The summed E-state index contributed by atoms with van der Waals surface area (Å²) in [6.45, 7) is 0. The van der Waals surface area contributed by atoms with Gasteiger partial charge in [0.2, 0.25) is 0 Å². The molecule has 1 aliphatic carbocycles. The second kappa shape index (κ2) is 4.70. The van der Waals surface area contributed by atoms with Gasteiger partial charge >= 0.3 is 0 Å². The first-order valence-electron chi connectivity index (χ1n) is 5.75. The van der Waals surface area contributed by atoms with E-state index in [2.05, 4.69) is 11.8 Å². The highest BCUT2D eigenvalue weighted by atomic mass is 32.2. The monoisotopic (exact) mass is 199 g/mol. The van der Waals surface area contributed by atoms with E-state index in [1.807, 2.05) is 0 Å². The molecule has 1 heterocycles. The molecule has 0 aromatic heterocycles. The fraction of sp³-hybridized carbons (Fsp3) is 1.00. The molecule has 2 rings (SSSR count). The normalized spacial score (nSPS) is 33.5. The second-order valence-corrected chi connectivity index (χ2v) is 5.87. The SMILES string of the molecule is NC(C1CCCCC1)C1CCCS1. The minimum atomic E-state index is 0.507. The summed E-state index contributed by atoms with van der Waals surface area (Å²) in [5, 5.41) is 0.795. The molecule has 1 aliphatic heterocycles. The van der Waals surface area contributed by atoms with E-state index in [9.17, 15) is 0 Å². The molecule has 0 aromatic rings. The number of rotatable bonds is 2. The van der Waals surface area contributed by atoms with Crippen molar-refractivity contribution in [3.63, 3.8) is 0 Å². The Morgan fingerprint density at radius 3 is 2.38 bits per heavy atom. The Morgan fingerprint density at radius 1 is 1.00 bits per heavy atom. The number of hydrogen-bond donors (Lipinski definition) is 1. The average Bonchev–Trinajstić information content (AvgIpc) is 2.71. The highest BCUT2D eigenvalue weighted by Crippen LogP contribution is 2.35. The number of nitrogens with two attached hydrogens (primary N) is 1. The van der Waals surface area contributed by atoms with Crippen molar-refractivity contribution in [2.75, 3.05) is 5.75 Å². The van der Waals surface area contributed by atoms with Crippen molar-refractivity contribution in [2.24, 2.45) is 11.7 Å². The van der Waals surface area contributed by atoms with Crippen molar-refractivity contribution >= 4 is 11.8 Å². The summed E-state index contributed by atoms with van der Waals surface area (Å²) in [6.07, 6.45) is 9.88. The summed E-state index contributed by atoms with van der Waals surface area (Å²) in [5.41, 5.74) is 6.33. The quantitative estimate of drug-likeness (QED) is 0.740. The van der Waals surface area contributed by atoms with Crippen molar-refractivity contribution in [1.29, 1.82) is 0 Å². The van der Waals surface area contributed by atoms with E-state index in [-0.39, 0.29) is 0 Å². The third kappa shape index (κ3) is 2.41. The van der Waals surface area contributed by atoms with Crippen molar-refractivity contribution in [3.05, 3.63) is 0 Å². The van der Waals surface area contributed by atoms with Crippen LogP contribution in [0.2, 0.25) is 0 Å². The molecule has 0 amide bonds. The fourth-order valence-corrected chi connectivity index (χ4v) is 4.14. The summed E-state index contributed by atoms with van der Waals surface area (Å²) in [4.78, 5) is 0. The maximum absolute atomic E-state index is 6.33. The van der Waals surface area contributed by atoms with Crippen LogP contribution in [0, 0.1) is 5.92 Å². The molecule has 1 saturated carbocycles. The minimum Gasteiger partial charge on any atom is -0.326 e. The Kier molecular flexibility index (Phi) is 3.56. The molecule has 2 fully saturated rings. The van der Waals surface area contributed by atoms with Gasteiger partial charge in [0.15, 0.2) is 0 Å². The van der Waals surface area contributed by atoms with Crippen molar-refractivity contribution < 1.29 is 0 Å². The molecule has 0 aromatic carbocycles. The van der Waals surface area contributed by atoms with Crippen LogP contribution in [0.1, 0.15) is 44.9 Å². The summed E-state index contributed by atoms with van der Waals surface area (Å²) in [6, 6.07) is 0.507. The molecule has 1 saturated heterocycles. The van der Waals surface area contributed by atoms with Crippen LogP contribution in [0.25, 0.3) is 0 Å². The molecule has 76 valence electrons. The molecular formula is C11H21NS. The predicted octanol–water partition coefficient (Wildman–Crippen LogP) is 2.79. The van der Waals surface area contributed by atoms with Crippen LogP contribution < -0.4 is 5.73 Å². The highest BCUT2D eigenvalue weighted by molar-refractivity contribution is 8.00. The highest BCUT2D eigenvalue weighted by Gasteiger charge is 2.29. The van der Waals surface area contributed by atoms with E-state index in [1.165, 1.54) is 50.7 Å². The smallest absolute Gasteiger partial charge is 0.0202 e. The first-order valence-corrected chi connectivity index (χ1v) is 6.80. The van der Waals surface area contributed by atoms with Crippen LogP contribution in [0.5, 0.6) is 0 Å². The Hall–Kier alpha value is 0.310. The first kappa shape index (κ1) is 9.85. The maximum atomic E-state index is 6.33. The van der Waals surface area contributed by atoms with Gasteiger partial charge in [-0.1, -0.05) is 19.3 Å². The lowest BCUT2D eigenvalue weighted by molar-refractivity contribution is 0.298. The minimum absolute atomic E-state index is 0.507. The van der Waals surface area contributed by atoms with Crippen molar-refractivity contribution in [3.8, 4) is 0 Å². The zero-order valence-corrected chi connectivity index (χ0v) is 9.19. The van der Waals surface area contributed by atoms with Crippen LogP contribution in [-0.4, -0.2) is 17.0 Å². The van der Waals surface area contributed by atoms with Gasteiger partial charge < -0.3 is 5.73 Å². The predicted molar refractivity (Wildman–Crippen MR) is 60.0 cm³/mol. The lowest BCUT2D eigenvalue weighted by atomic mass is 9.82. The van der Waals surface area contributed by atoms with Crippen molar-refractivity contribution in [2.45, 2.75) is 56.2 Å². The molecule has 0 bridgehead atoms. The molecule has 0 spiro atoms. The van der Waals surface area contributed by atoms with Gasteiger partial charge in [-0.2, -0.15) is 11.8 Å². The molecule has 13 heavy (non-hydrogen) atoms. The molecular weight excluding hydrogens is 178 g/mol. The lowest BCUT2D eigenvalue weighted by Crippen LogP contribution is -2.39. The standard InChI is InChI=1S/C11H21NS/c12-11(10-7-4-8-13-10)9-5-2-1-3-6-9/h9-11H,1-8,12H2. The fourth-order valence-electron chi connectivity index (χ4n) is 2.73. The largest absolute Gasteiger partial charge is 0.326 e. The molecule has 2 heteroatoms. The summed E-state index contributed by atoms with van der Waals surface area (Å²) < 4.78 is 0. The summed E-state index contributed by atoms with van der Waals surface area (Å²) >= 11 is 2.12. The van der Waals surface area contributed by atoms with E-state index in [0.29, 0.717) is 6.04 Å². The summed E-state index contributed by atoms with van der Waals surface area (Å²) in [7, 11) is 0. The van der Waals surface area contributed by atoms with Crippen LogP contribution >= 0.6 is 11.8 Å². The van der Waals surface area contributed by atoms with Gasteiger partial charge in [0.25, 0.3) is 0 Å². The van der Waals surface area contributed by atoms with E-state index in [4.69, 9.17) is 5.73 Å². The molecule has 2 N–H and O–H groups in total. The Balaban J connectivity index is 1.83. The van der Waals surface area contributed by atoms with E-state index < -0.39 is 0 Å². The van der Waals surface area contributed by atoms with Gasteiger partial charge in [0.1, 0.15) is 0 Å². The van der Waals surface area contributed by atoms with Gasteiger partial charge in [0.05, 0.1) is 0 Å². The summed E-state index contributed by atoms with van der Waals surface area (Å²) in [5.74, 6) is 2.20. The van der Waals surface area contributed by atoms with E-state index in [0.717, 1.165) is 11.2 Å². The Labute approximate surface area is 85.8 Å². The number of thioether (sulfide) groups is 1. The van der Waals surface area contributed by atoms with Gasteiger partial charge in [0, 0.05) is 11.3 Å². The van der Waals surface area contributed by atoms with Crippen molar-refractivity contribution in [1.82, 2.24) is 0 Å².